The number of piperidine rings is 1. The first-order valence-corrected chi connectivity index (χ1v) is 16.5. The number of hydrogen-bond donors (Lipinski definition) is 1. The van der Waals surface area contributed by atoms with Crippen LogP contribution in [0.1, 0.15) is 60.4 Å². The molecule has 1 unspecified atom stereocenters. The fourth-order valence-electron chi connectivity index (χ4n) is 6.85. The highest BCUT2D eigenvalue weighted by Gasteiger charge is 2.50. The smallest absolute Gasteiger partial charge is 0.453 e. The third-order valence-corrected chi connectivity index (χ3v) is 9.89. The predicted molar refractivity (Wildman–Crippen MR) is 175 cm³/mol. The molecule has 2 fully saturated rings. The van der Waals surface area contributed by atoms with Crippen LogP contribution in [0.15, 0.2) is 42.7 Å². The van der Waals surface area contributed by atoms with E-state index in [1.165, 1.54) is 25.4 Å². The summed E-state index contributed by atoms with van der Waals surface area (Å²) in [7, 11) is 1.37. The van der Waals surface area contributed by atoms with Gasteiger partial charge < -0.3 is 20.1 Å². The van der Waals surface area contributed by atoms with Gasteiger partial charge in [0, 0.05) is 30.2 Å². The van der Waals surface area contributed by atoms with E-state index in [1.54, 1.807) is 29.3 Å². The third-order valence-electron chi connectivity index (χ3n) is 9.66. The molecular formula is C34H34ClF2N7O5. The molecule has 2 aliphatic heterocycles. The SMILES string of the molecule is COC(=O)N1CCC(C(C)n2ncc3c(-c4ccc5c(c4)OC(F)(F)C(=O)N5Cc4ccc(Cl)cn4)c(C(N)=O)c(CC4CC4)nc32)CC1. The highest BCUT2D eigenvalue weighted by Crippen LogP contribution is 2.45. The number of benzene rings is 1. The molecule has 1 atom stereocenters. The summed E-state index contributed by atoms with van der Waals surface area (Å²) < 4.78 is 41.9. The molecule has 2 N–H and O–H groups in total. The maximum absolute atomic E-state index is 15.1. The highest BCUT2D eigenvalue weighted by molar-refractivity contribution is 6.30. The van der Waals surface area contributed by atoms with E-state index in [0.29, 0.717) is 64.0 Å². The van der Waals surface area contributed by atoms with Crippen LogP contribution in [0.3, 0.4) is 0 Å². The van der Waals surface area contributed by atoms with Gasteiger partial charge in [-0.25, -0.2) is 14.5 Å². The molecule has 256 valence electrons. The van der Waals surface area contributed by atoms with Crippen molar-refractivity contribution in [3.63, 3.8) is 0 Å². The Bertz CT molecular complexity index is 1960. The molecule has 5 heterocycles. The maximum Gasteiger partial charge on any atom is 0.482 e. The number of pyridine rings is 2. The Labute approximate surface area is 285 Å². The van der Waals surface area contributed by atoms with E-state index in [1.807, 2.05) is 11.6 Å². The summed E-state index contributed by atoms with van der Waals surface area (Å²) in [6.07, 6.45) is 2.45. The van der Waals surface area contributed by atoms with Crippen molar-refractivity contribution in [1.82, 2.24) is 24.6 Å². The van der Waals surface area contributed by atoms with Gasteiger partial charge in [0.25, 0.3) is 5.91 Å². The molecule has 12 nitrogen and oxygen atoms in total. The number of ether oxygens (including phenoxy) is 2. The average Bonchev–Trinajstić information content (AvgIpc) is 3.81. The number of fused-ring (bicyclic) bond motifs is 2. The Morgan fingerprint density at radius 3 is 2.55 bits per heavy atom. The van der Waals surface area contributed by atoms with Gasteiger partial charge in [-0.05, 0) is 80.7 Å². The molecule has 1 saturated carbocycles. The number of methoxy groups -OCH3 is 1. The minimum absolute atomic E-state index is 0.113. The second-order valence-corrected chi connectivity index (χ2v) is 13.3. The number of anilines is 1. The van der Waals surface area contributed by atoms with E-state index in [9.17, 15) is 14.4 Å². The number of likely N-dealkylation sites (tertiary alicyclic amines) is 1. The zero-order valence-electron chi connectivity index (χ0n) is 26.9. The van der Waals surface area contributed by atoms with E-state index in [-0.39, 0.29) is 41.6 Å². The van der Waals surface area contributed by atoms with E-state index >= 15 is 8.78 Å². The van der Waals surface area contributed by atoms with E-state index in [0.717, 1.165) is 30.6 Å². The van der Waals surface area contributed by atoms with Crippen molar-refractivity contribution in [2.75, 3.05) is 25.1 Å². The minimum Gasteiger partial charge on any atom is -0.453 e. The summed E-state index contributed by atoms with van der Waals surface area (Å²) in [5, 5.41) is 5.61. The van der Waals surface area contributed by atoms with E-state index in [4.69, 9.17) is 36.9 Å². The number of nitrogens with two attached hydrogens (primary N) is 1. The second-order valence-electron chi connectivity index (χ2n) is 12.8. The monoisotopic (exact) mass is 693 g/mol. The molecule has 0 bridgehead atoms. The molecule has 1 aliphatic carbocycles. The van der Waals surface area contributed by atoms with E-state index in [2.05, 4.69) is 4.98 Å². The quantitative estimate of drug-likeness (QED) is 0.245. The summed E-state index contributed by atoms with van der Waals surface area (Å²) >= 11 is 5.94. The number of carbonyl (C=O) groups excluding carboxylic acids is 3. The largest absolute Gasteiger partial charge is 0.482 e. The molecule has 3 aromatic heterocycles. The van der Waals surface area contributed by atoms with Crippen LogP contribution >= 0.6 is 11.6 Å². The van der Waals surface area contributed by atoms with Crippen LogP contribution in [0, 0.1) is 11.8 Å². The van der Waals surface area contributed by atoms with Crippen LogP contribution in [0.25, 0.3) is 22.2 Å². The van der Waals surface area contributed by atoms with Crippen molar-refractivity contribution in [3.8, 4) is 16.9 Å². The zero-order valence-corrected chi connectivity index (χ0v) is 27.6. The van der Waals surface area contributed by atoms with Gasteiger partial charge in [-0.3, -0.25) is 19.5 Å². The lowest BCUT2D eigenvalue weighted by Gasteiger charge is -2.34. The van der Waals surface area contributed by atoms with Crippen LogP contribution < -0.4 is 15.4 Å². The van der Waals surface area contributed by atoms with Crippen molar-refractivity contribution in [2.24, 2.45) is 17.6 Å². The molecule has 7 rings (SSSR count). The Balaban J connectivity index is 1.32. The number of alkyl halides is 2. The lowest BCUT2D eigenvalue weighted by molar-refractivity contribution is -0.193. The minimum atomic E-state index is -4.15. The number of carbonyl (C=O) groups is 3. The molecule has 49 heavy (non-hydrogen) atoms. The summed E-state index contributed by atoms with van der Waals surface area (Å²) in [4.78, 5) is 49.8. The Kier molecular flexibility index (Phi) is 8.37. The van der Waals surface area contributed by atoms with Gasteiger partial charge in [-0.1, -0.05) is 17.7 Å². The first-order valence-electron chi connectivity index (χ1n) is 16.1. The second kappa shape index (κ2) is 12.6. The number of amides is 3. The molecule has 15 heteroatoms. The Morgan fingerprint density at radius 2 is 1.90 bits per heavy atom. The topological polar surface area (TPSA) is 146 Å². The van der Waals surface area contributed by atoms with Crippen molar-refractivity contribution >= 4 is 46.2 Å². The standard InChI is InChI=1S/C34H34ClF2N7O5/c1-18(20-9-11-42(12-10-20)33(47)48-2)44-31-24(16-40-44)28(29(30(38)45)25(41-31)13-19-3-4-19)21-5-8-26-27(14-21)49-34(36,37)32(46)43(26)17-23-7-6-22(35)15-39-23/h5-8,14-16,18-20H,3-4,9-13,17H2,1-2H3,(H2,38,45). The number of aromatic nitrogens is 4. The first kappa shape index (κ1) is 32.7. The van der Waals surface area contributed by atoms with Gasteiger partial charge in [0.05, 0.1) is 53.6 Å². The summed E-state index contributed by atoms with van der Waals surface area (Å²) in [5.41, 5.74) is 8.51. The van der Waals surface area contributed by atoms with E-state index < -0.39 is 17.9 Å². The van der Waals surface area contributed by atoms with Gasteiger partial charge in [0.15, 0.2) is 11.4 Å². The molecule has 3 aliphatic rings. The molecule has 4 aromatic rings. The zero-order chi connectivity index (χ0) is 34.6. The summed E-state index contributed by atoms with van der Waals surface area (Å²) in [6.45, 7) is 2.89. The molecule has 1 saturated heterocycles. The van der Waals surface area contributed by atoms with Gasteiger partial charge >= 0.3 is 18.1 Å². The highest BCUT2D eigenvalue weighted by atomic mass is 35.5. The number of rotatable bonds is 8. The van der Waals surface area contributed by atoms with Crippen molar-refractivity contribution < 1.29 is 32.6 Å². The molecular weight excluding hydrogens is 660 g/mol. The fourth-order valence-corrected chi connectivity index (χ4v) is 6.96. The van der Waals surface area contributed by atoms with Crippen LogP contribution in [-0.2, 0) is 22.5 Å². The number of halogens is 3. The average molecular weight is 694 g/mol. The maximum atomic E-state index is 15.1. The summed E-state index contributed by atoms with van der Waals surface area (Å²) in [5.74, 6) is -1.97. The molecule has 1 aromatic carbocycles. The van der Waals surface area contributed by atoms with Crippen LogP contribution in [0.2, 0.25) is 5.02 Å². The fraction of sp³-hybridized carbons (Fsp3) is 0.412. The van der Waals surface area contributed by atoms with Crippen molar-refractivity contribution in [3.05, 3.63) is 64.7 Å². The Morgan fingerprint density at radius 1 is 1.14 bits per heavy atom. The normalized spacial score (nSPS) is 18.3. The van der Waals surface area contributed by atoms with Crippen molar-refractivity contribution in [2.45, 2.75) is 57.7 Å². The van der Waals surface area contributed by atoms with Gasteiger partial charge in [-0.2, -0.15) is 13.9 Å². The number of hydrogen-bond acceptors (Lipinski definition) is 8. The third kappa shape index (κ3) is 6.13. The van der Waals surface area contributed by atoms with Crippen LogP contribution in [-0.4, -0.2) is 68.9 Å². The number of primary amides is 1. The van der Waals surface area contributed by atoms with Gasteiger partial charge in [0.1, 0.15) is 0 Å². The van der Waals surface area contributed by atoms with Gasteiger partial charge in [-0.15, -0.1) is 0 Å². The molecule has 3 amide bonds. The lowest BCUT2D eigenvalue weighted by atomic mass is 9.90. The Hall–Kier alpha value is -4.85. The number of nitrogens with zero attached hydrogens (tertiary/aromatic N) is 6. The molecule has 0 radical (unpaired) electrons. The lowest BCUT2D eigenvalue weighted by Crippen LogP contribution is -2.50. The summed E-state index contributed by atoms with van der Waals surface area (Å²) in [6, 6.07) is 7.54. The van der Waals surface area contributed by atoms with Crippen LogP contribution in [0.4, 0.5) is 19.3 Å². The van der Waals surface area contributed by atoms with Gasteiger partial charge in [0.2, 0.25) is 0 Å². The molecule has 0 spiro atoms. The van der Waals surface area contributed by atoms with Crippen LogP contribution in [0.5, 0.6) is 5.75 Å². The van der Waals surface area contributed by atoms with Crippen molar-refractivity contribution in [1.29, 1.82) is 0 Å². The first-order chi connectivity index (χ1) is 23.4. The predicted octanol–water partition coefficient (Wildman–Crippen LogP) is 5.76.